The molecule has 0 aromatic rings. The molecule has 2 N–H and O–H groups in total. The molecule has 4 bridgehead atoms. The van der Waals surface area contributed by atoms with E-state index in [1.54, 1.807) is 20.8 Å². The van der Waals surface area contributed by atoms with Crippen LogP contribution in [0, 0.1) is 28.1 Å². The summed E-state index contributed by atoms with van der Waals surface area (Å²) in [6, 6.07) is 0. The van der Waals surface area contributed by atoms with E-state index in [9.17, 15) is 32.7 Å². The minimum atomic E-state index is -4.74. The lowest BCUT2D eigenvalue weighted by Gasteiger charge is -2.61. The maximum Gasteiger partial charge on any atom is 0.417 e. The van der Waals surface area contributed by atoms with Crippen LogP contribution in [0.25, 0.3) is 0 Å². The Kier molecular flexibility index (Phi) is 16.4. The summed E-state index contributed by atoms with van der Waals surface area (Å²) in [7, 11) is 0. The number of aliphatic hydroxyl groups is 2. The van der Waals surface area contributed by atoms with Gasteiger partial charge in [-0.1, -0.05) is 20.8 Å². The van der Waals surface area contributed by atoms with Crippen LogP contribution in [0.5, 0.6) is 0 Å². The van der Waals surface area contributed by atoms with Crippen molar-refractivity contribution >= 4 is 17.9 Å². The Bertz CT molecular complexity index is 1100. The van der Waals surface area contributed by atoms with Crippen LogP contribution in [-0.2, 0) is 33.3 Å². The summed E-state index contributed by atoms with van der Waals surface area (Å²) in [5.74, 6) is 0.497. The van der Waals surface area contributed by atoms with Crippen LogP contribution in [0.3, 0.4) is 0 Å². The number of rotatable bonds is 14. The Balaban J connectivity index is 0.000000403. The molecular weight excluding hydrogens is 657 g/mol. The number of carbonyl (C=O) groups excluding carboxylic acids is 3. The molecule has 4 aliphatic carbocycles. The van der Waals surface area contributed by atoms with Gasteiger partial charge in [0.1, 0.15) is 11.7 Å². The van der Waals surface area contributed by atoms with Crippen molar-refractivity contribution in [3.63, 3.8) is 0 Å². The number of hydrogen-bond acceptors (Lipinski definition) is 9. The van der Waals surface area contributed by atoms with Crippen LogP contribution in [0.15, 0.2) is 0 Å². The number of halogens is 3. The van der Waals surface area contributed by atoms with Gasteiger partial charge in [0.2, 0.25) is 0 Å². The van der Waals surface area contributed by atoms with Crippen molar-refractivity contribution in [1.82, 2.24) is 0 Å². The summed E-state index contributed by atoms with van der Waals surface area (Å²) < 4.78 is 59.3. The number of hydrogen-bond donors (Lipinski definition) is 2. The zero-order valence-electron chi connectivity index (χ0n) is 32.8. The van der Waals surface area contributed by atoms with Crippen molar-refractivity contribution < 1.29 is 56.7 Å². The Hall–Kier alpha value is -1.92. The average molecular weight is 725 g/mol. The number of aliphatic hydroxyl groups excluding tert-OH is 1. The van der Waals surface area contributed by atoms with Crippen molar-refractivity contribution in [2.45, 2.75) is 176 Å². The van der Waals surface area contributed by atoms with Gasteiger partial charge in [0.25, 0.3) is 0 Å². The third kappa shape index (κ3) is 12.6. The summed E-state index contributed by atoms with van der Waals surface area (Å²) >= 11 is 0. The van der Waals surface area contributed by atoms with Gasteiger partial charge in [0.05, 0.1) is 41.7 Å². The van der Waals surface area contributed by atoms with E-state index in [0.717, 1.165) is 44.9 Å². The van der Waals surface area contributed by atoms with Gasteiger partial charge in [0, 0.05) is 12.8 Å². The predicted octanol–water partition coefficient (Wildman–Crippen LogP) is 8.11. The van der Waals surface area contributed by atoms with Crippen molar-refractivity contribution in [1.29, 1.82) is 0 Å². The summed E-state index contributed by atoms with van der Waals surface area (Å²) in [6.07, 6.45) is 1.93. The predicted molar refractivity (Wildman–Crippen MR) is 185 cm³/mol. The van der Waals surface area contributed by atoms with Crippen LogP contribution in [0.4, 0.5) is 13.2 Å². The molecule has 0 aromatic carbocycles. The van der Waals surface area contributed by atoms with E-state index < -0.39 is 41.1 Å². The largest absolute Gasteiger partial charge is 0.466 e. The highest BCUT2D eigenvalue weighted by Gasteiger charge is 2.60. The van der Waals surface area contributed by atoms with Gasteiger partial charge in [-0.3, -0.25) is 14.4 Å². The minimum Gasteiger partial charge on any atom is -0.466 e. The number of ether oxygens (including phenoxy) is 4. The van der Waals surface area contributed by atoms with Crippen molar-refractivity contribution in [2.75, 3.05) is 19.8 Å². The highest BCUT2D eigenvalue weighted by molar-refractivity contribution is 5.77. The van der Waals surface area contributed by atoms with E-state index in [-0.39, 0.29) is 35.2 Å². The molecule has 4 aliphatic rings. The molecule has 0 aliphatic heterocycles. The quantitative estimate of drug-likeness (QED) is 0.135. The first-order valence-corrected chi connectivity index (χ1v) is 18.4. The molecule has 0 radical (unpaired) electrons. The topological polar surface area (TPSA) is 129 Å². The Morgan fingerprint density at radius 2 is 1.20 bits per heavy atom. The SMILES string of the molecule is CCC(C)(C)C(=O)OC(C)CC(C)(O)C(F)(F)F.CCC(C)(C)C(=O)OC12CC3CC(CC(OCCO)(C3)C1)C2.CCOC(=O)C(C)(C)CC. The molecule has 4 atom stereocenters. The van der Waals surface area contributed by atoms with E-state index in [1.807, 2.05) is 48.5 Å². The number of alkyl halides is 3. The molecule has 4 unspecified atom stereocenters. The fraction of sp³-hybridized carbons (Fsp3) is 0.921. The van der Waals surface area contributed by atoms with Gasteiger partial charge >= 0.3 is 24.1 Å². The standard InChI is InChI=1S/C18H30O4.C12H21F3O3.C8H16O2/c1-4-16(2,3)15(20)22-18-10-13-7-14(11-18)9-17(8-13,12-18)21-6-5-19;1-6-10(3,4)9(16)18-8(2)7-11(5,17)12(13,14)15;1-5-8(3,4)7(9)10-6-2/h13-14,19H,4-12H2,1-3H3;8,17H,6-7H2,1-5H3;5-6H2,1-4H3. The van der Waals surface area contributed by atoms with Crippen molar-refractivity contribution in [2.24, 2.45) is 28.1 Å². The van der Waals surface area contributed by atoms with Crippen LogP contribution < -0.4 is 0 Å². The van der Waals surface area contributed by atoms with Crippen LogP contribution >= 0.6 is 0 Å². The van der Waals surface area contributed by atoms with Crippen molar-refractivity contribution in [3.05, 3.63) is 0 Å². The smallest absolute Gasteiger partial charge is 0.417 e. The molecule has 0 spiro atoms. The highest BCUT2D eigenvalue weighted by Crippen LogP contribution is 2.60. The highest BCUT2D eigenvalue weighted by atomic mass is 19.4. The second-order valence-corrected chi connectivity index (χ2v) is 16.9. The van der Waals surface area contributed by atoms with Gasteiger partial charge in [-0.05, 0) is 126 Å². The molecule has 4 rings (SSSR count). The zero-order valence-corrected chi connectivity index (χ0v) is 32.8. The third-order valence-electron chi connectivity index (χ3n) is 11.0. The van der Waals surface area contributed by atoms with Gasteiger partial charge < -0.3 is 29.2 Å². The van der Waals surface area contributed by atoms with Crippen molar-refractivity contribution in [3.8, 4) is 0 Å². The first kappa shape index (κ1) is 46.1. The molecule has 4 fully saturated rings. The molecule has 0 saturated heterocycles. The van der Waals surface area contributed by atoms with E-state index in [1.165, 1.54) is 13.3 Å². The lowest BCUT2D eigenvalue weighted by Crippen LogP contribution is -2.62. The Labute approximate surface area is 298 Å². The molecule has 0 aromatic heterocycles. The number of carbonyl (C=O) groups is 3. The average Bonchev–Trinajstić information content (AvgIpc) is 2.99. The molecule has 0 amide bonds. The van der Waals surface area contributed by atoms with Crippen LogP contribution in [0.2, 0.25) is 0 Å². The minimum absolute atomic E-state index is 0.0609. The normalized spacial score (nSPS) is 26.3. The number of esters is 3. The molecule has 0 heterocycles. The van der Waals surface area contributed by atoms with E-state index in [2.05, 4.69) is 0 Å². The fourth-order valence-corrected chi connectivity index (χ4v) is 6.80. The van der Waals surface area contributed by atoms with Gasteiger partial charge in [0.15, 0.2) is 5.60 Å². The van der Waals surface area contributed by atoms with Gasteiger partial charge in [-0.15, -0.1) is 0 Å². The van der Waals surface area contributed by atoms with E-state index in [4.69, 9.17) is 24.1 Å². The van der Waals surface area contributed by atoms with E-state index in [0.29, 0.717) is 38.4 Å². The summed E-state index contributed by atoms with van der Waals surface area (Å²) in [6.45, 7) is 21.6. The molecule has 12 heteroatoms. The third-order valence-corrected chi connectivity index (χ3v) is 11.0. The Morgan fingerprint density at radius 3 is 1.62 bits per heavy atom. The molecule has 4 saturated carbocycles. The van der Waals surface area contributed by atoms with Crippen LogP contribution in [0.1, 0.15) is 147 Å². The molecule has 9 nitrogen and oxygen atoms in total. The van der Waals surface area contributed by atoms with E-state index >= 15 is 0 Å². The summed E-state index contributed by atoms with van der Waals surface area (Å²) in [5.41, 5.74) is -4.80. The second kappa shape index (κ2) is 17.7. The maximum absolute atomic E-state index is 12.6. The first-order valence-electron chi connectivity index (χ1n) is 18.4. The monoisotopic (exact) mass is 724 g/mol. The lowest BCUT2D eigenvalue weighted by atomic mass is 9.52. The molecular formula is C38H67F3O9. The molecule has 294 valence electrons. The Morgan fingerprint density at radius 1 is 0.760 bits per heavy atom. The zero-order chi connectivity index (χ0) is 39.0. The van der Waals surface area contributed by atoms with Gasteiger partial charge in [-0.2, -0.15) is 13.2 Å². The molecule has 50 heavy (non-hydrogen) atoms. The lowest BCUT2D eigenvalue weighted by molar-refractivity contribution is -0.261. The fourth-order valence-electron chi connectivity index (χ4n) is 6.80. The van der Waals surface area contributed by atoms with Gasteiger partial charge in [-0.25, -0.2) is 0 Å². The van der Waals surface area contributed by atoms with Crippen LogP contribution in [-0.4, -0.2) is 77.0 Å². The first-order chi connectivity index (χ1) is 22.7. The summed E-state index contributed by atoms with van der Waals surface area (Å²) in [5, 5.41) is 18.4. The maximum atomic E-state index is 12.6. The second-order valence-electron chi connectivity index (χ2n) is 16.9. The summed E-state index contributed by atoms with van der Waals surface area (Å²) in [4.78, 5) is 35.3.